The van der Waals surface area contributed by atoms with Gasteiger partial charge in [-0.3, -0.25) is 0 Å². The van der Waals surface area contributed by atoms with Gasteiger partial charge in [-0.05, 0) is 30.0 Å². The van der Waals surface area contributed by atoms with Gasteiger partial charge in [0.05, 0.1) is 0 Å². The average molecular weight is 269 g/mol. The van der Waals surface area contributed by atoms with E-state index in [4.69, 9.17) is 11.6 Å². The van der Waals surface area contributed by atoms with Crippen LogP contribution in [0.5, 0.6) is 5.75 Å². The van der Waals surface area contributed by atoms with Gasteiger partial charge in [-0.2, -0.15) is 0 Å². The molecule has 0 aromatic heterocycles. The maximum atomic E-state index is 10.5. The van der Waals surface area contributed by atoms with Crippen molar-refractivity contribution < 1.29 is 5.11 Å². The molecule has 3 rings (SSSR count). The molecule has 0 aliphatic heterocycles. The van der Waals surface area contributed by atoms with Crippen molar-refractivity contribution >= 4 is 22.4 Å². The number of phenolic OH excluding ortho intramolecular Hbond substituents is 1. The Morgan fingerprint density at radius 1 is 0.895 bits per heavy atom. The van der Waals surface area contributed by atoms with E-state index in [1.807, 2.05) is 61.5 Å². The van der Waals surface area contributed by atoms with Gasteiger partial charge in [-0.15, -0.1) is 0 Å². The molecule has 0 unspecified atom stereocenters. The molecule has 1 nitrogen and oxygen atoms in total. The topological polar surface area (TPSA) is 20.2 Å². The molecular formula is C17H13ClO. The van der Waals surface area contributed by atoms with Gasteiger partial charge < -0.3 is 5.11 Å². The van der Waals surface area contributed by atoms with Crippen LogP contribution in [0, 0.1) is 6.92 Å². The number of rotatable bonds is 1. The van der Waals surface area contributed by atoms with Crippen molar-refractivity contribution in [1.82, 2.24) is 0 Å². The first-order valence-corrected chi connectivity index (χ1v) is 6.52. The fourth-order valence-electron chi connectivity index (χ4n) is 2.43. The van der Waals surface area contributed by atoms with Gasteiger partial charge in [0.1, 0.15) is 5.75 Å². The summed E-state index contributed by atoms with van der Waals surface area (Å²) >= 11 is 6.28. The third kappa shape index (κ3) is 1.96. The van der Waals surface area contributed by atoms with Crippen LogP contribution in [0.4, 0.5) is 0 Å². The van der Waals surface area contributed by atoms with E-state index in [0.717, 1.165) is 27.5 Å². The van der Waals surface area contributed by atoms with Crippen LogP contribution in [0.15, 0.2) is 54.6 Å². The first kappa shape index (κ1) is 12.1. The highest BCUT2D eigenvalue weighted by molar-refractivity contribution is 6.33. The molecule has 0 aliphatic rings. The highest BCUT2D eigenvalue weighted by atomic mass is 35.5. The van der Waals surface area contributed by atoms with Crippen LogP contribution in [-0.4, -0.2) is 5.11 Å². The van der Waals surface area contributed by atoms with Crippen LogP contribution in [0.3, 0.4) is 0 Å². The Hall–Kier alpha value is -1.99. The van der Waals surface area contributed by atoms with E-state index >= 15 is 0 Å². The molecular weight excluding hydrogens is 256 g/mol. The summed E-state index contributed by atoms with van der Waals surface area (Å²) in [6.07, 6.45) is 0. The molecule has 0 heterocycles. The van der Waals surface area contributed by atoms with Gasteiger partial charge in [0.2, 0.25) is 0 Å². The number of aromatic hydroxyl groups is 1. The first-order chi connectivity index (χ1) is 9.18. The molecule has 2 heteroatoms. The van der Waals surface area contributed by atoms with E-state index in [2.05, 4.69) is 0 Å². The maximum Gasteiger partial charge on any atom is 0.131 e. The van der Waals surface area contributed by atoms with Gasteiger partial charge >= 0.3 is 0 Å². The predicted molar refractivity (Wildman–Crippen MR) is 80.8 cm³/mol. The molecule has 94 valence electrons. The highest BCUT2D eigenvalue weighted by Gasteiger charge is 2.13. The number of aryl methyl sites for hydroxylation is 1. The molecule has 0 amide bonds. The number of fused-ring (bicyclic) bond motifs is 1. The molecule has 3 aromatic carbocycles. The van der Waals surface area contributed by atoms with E-state index in [-0.39, 0.29) is 5.75 Å². The minimum atomic E-state index is 0.286. The predicted octanol–water partition coefficient (Wildman–Crippen LogP) is 5.17. The van der Waals surface area contributed by atoms with Gasteiger partial charge in [-0.25, -0.2) is 0 Å². The smallest absolute Gasteiger partial charge is 0.131 e. The monoisotopic (exact) mass is 268 g/mol. The van der Waals surface area contributed by atoms with Crippen molar-refractivity contribution in [1.29, 1.82) is 0 Å². The zero-order valence-corrected chi connectivity index (χ0v) is 11.3. The van der Waals surface area contributed by atoms with E-state index in [1.54, 1.807) is 0 Å². The van der Waals surface area contributed by atoms with Crippen molar-refractivity contribution in [3.05, 3.63) is 65.2 Å². The Bertz CT molecular complexity index is 742. The largest absolute Gasteiger partial charge is 0.507 e. The van der Waals surface area contributed by atoms with Crippen LogP contribution >= 0.6 is 11.6 Å². The van der Waals surface area contributed by atoms with Crippen molar-refractivity contribution in [2.24, 2.45) is 0 Å². The summed E-state index contributed by atoms with van der Waals surface area (Å²) in [6, 6.07) is 17.5. The summed E-state index contributed by atoms with van der Waals surface area (Å²) in [7, 11) is 0. The molecule has 0 aliphatic carbocycles. The summed E-state index contributed by atoms with van der Waals surface area (Å²) in [5, 5.41) is 13.0. The standard InChI is InChI=1S/C17H13ClO/c1-11-5-4-8-15(18)16(11)14-10-9-12-6-2-3-7-13(12)17(14)19/h2-10,19H,1H3. The fourth-order valence-corrected chi connectivity index (χ4v) is 2.75. The quantitative estimate of drug-likeness (QED) is 0.645. The number of phenols is 1. The van der Waals surface area contributed by atoms with Crippen molar-refractivity contribution in [2.45, 2.75) is 6.92 Å². The number of hydrogen-bond donors (Lipinski definition) is 1. The molecule has 0 fully saturated rings. The molecule has 0 atom stereocenters. The van der Waals surface area contributed by atoms with Crippen LogP contribution in [0.1, 0.15) is 5.56 Å². The van der Waals surface area contributed by atoms with Gasteiger partial charge in [0, 0.05) is 21.5 Å². The van der Waals surface area contributed by atoms with Crippen molar-refractivity contribution in [3.63, 3.8) is 0 Å². The summed E-state index contributed by atoms with van der Waals surface area (Å²) in [5.41, 5.74) is 2.73. The zero-order valence-electron chi connectivity index (χ0n) is 10.5. The molecule has 0 saturated heterocycles. The molecule has 0 saturated carbocycles. The lowest BCUT2D eigenvalue weighted by Gasteiger charge is -2.12. The molecule has 3 aromatic rings. The fraction of sp³-hybridized carbons (Fsp3) is 0.0588. The Balaban J connectivity index is 2.35. The Labute approximate surface area is 117 Å². The average Bonchev–Trinajstić information content (AvgIpc) is 2.41. The highest BCUT2D eigenvalue weighted by Crippen LogP contribution is 2.40. The minimum absolute atomic E-state index is 0.286. The van der Waals surface area contributed by atoms with E-state index in [9.17, 15) is 5.11 Å². The lowest BCUT2D eigenvalue weighted by Crippen LogP contribution is -1.86. The third-order valence-corrected chi connectivity index (χ3v) is 3.71. The van der Waals surface area contributed by atoms with E-state index < -0.39 is 0 Å². The normalized spacial score (nSPS) is 10.8. The summed E-state index contributed by atoms with van der Waals surface area (Å²) in [6.45, 7) is 2.00. The van der Waals surface area contributed by atoms with Crippen molar-refractivity contribution in [2.75, 3.05) is 0 Å². The van der Waals surface area contributed by atoms with E-state index in [1.165, 1.54) is 0 Å². The minimum Gasteiger partial charge on any atom is -0.507 e. The number of halogens is 1. The Morgan fingerprint density at radius 2 is 1.68 bits per heavy atom. The second-order valence-electron chi connectivity index (χ2n) is 4.61. The van der Waals surface area contributed by atoms with Gasteiger partial charge in [0.25, 0.3) is 0 Å². The Morgan fingerprint density at radius 3 is 2.47 bits per heavy atom. The third-order valence-electron chi connectivity index (χ3n) is 3.39. The summed E-state index contributed by atoms with van der Waals surface area (Å²) < 4.78 is 0. The lowest BCUT2D eigenvalue weighted by molar-refractivity contribution is 0.483. The first-order valence-electron chi connectivity index (χ1n) is 6.14. The van der Waals surface area contributed by atoms with Crippen LogP contribution in [0.25, 0.3) is 21.9 Å². The van der Waals surface area contributed by atoms with Gasteiger partial charge in [0.15, 0.2) is 0 Å². The summed E-state index contributed by atoms with van der Waals surface area (Å²) in [4.78, 5) is 0. The molecule has 0 bridgehead atoms. The summed E-state index contributed by atoms with van der Waals surface area (Å²) in [5.74, 6) is 0.286. The number of benzene rings is 3. The molecule has 0 radical (unpaired) electrons. The Kier molecular flexibility index (Phi) is 2.92. The van der Waals surface area contributed by atoms with E-state index in [0.29, 0.717) is 5.02 Å². The second-order valence-corrected chi connectivity index (χ2v) is 5.02. The SMILES string of the molecule is Cc1cccc(Cl)c1-c1ccc2ccccc2c1O. The second kappa shape index (κ2) is 4.60. The molecule has 1 N–H and O–H groups in total. The number of hydrogen-bond acceptors (Lipinski definition) is 1. The van der Waals surface area contributed by atoms with Crippen LogP contribution < -0.4 is 0 Å². The zero-order chi connectivity index (χ0) is 13.4. The van der Waals surface area contributed by atoms with Crippen LogP contribution in [0.2, 0.25) is 5.02 Å². The lowest BCUT2D eigenvalue weighted by atomic mass is 9.96. The van der Waals surface area contributed by atoms with Gasteiger partial charge in [-0.1, -0.05) is 54.1 Å². The molecule has 19 heavy (non-hydrogen) atoms. The van der Waals surface area contributed by atoms with Crippen molar-refractivity contribution in [3.8, 4) is 16.9 Å². The van der Waals surface area contributed by atoms with Crippen LogP contribution in [-0.2, 0) is 0 Å². The molecule has 0 spiro atoms. The maximum absolute atomic E-state index is 10.5.